The zero-order valence-electron chi connectivity index (χ0n) is 11.7. The van der Waals surface area contributed by atoms with Crippen LogP contribution in [0, 0.1) is 0 Å². The van der Waals surface area contributed by atoms with E-state index in [1.165, 1.54) is 0 Å². The van der Waals surface area contributed by atoms with Crippen LogP contribution >= 0.6 is 11.3 Å². The van der Waals surface area contributed by atoms with E-state index >= 15 is 0 Å². The van der Waals surface area contributed by atoms with Gasteiger partial charge in [-0.25, -0.2) is 4.79 Å². The van der Waals surface area contributed by atoms with Crippen molar-refractivity contribution < 1.29 is 14.9 Å². The van der Waals surface area contributed by atoms with Gasteiger partial charge in [-0.05, 0) is 18.4 Å². The number of quaternary nitrogens is 1. The molecule has 5 nitrogen and oxygen atoms in total. The van der Waals surface area contributed by atoms with Gasteiger partial charge in [-0.2, -0.15) is 0 Å². The van der Waals surface area contributed by atoms with Crippen LogP contribution in [0.3, 0.4) is 0 Å². The second kappa shape index (κ2) is 7.01. The molecular formula is C15H18N3O2S+. The van der Waals surface area contributed by atoms with E-state index in [9.17, 15) is 9.59 Å². The van der Waals surface area contributed by atoms with Crippen molar-refractivity contribution in [1.82, 2.24) is 5.32 Å². The van der Waals surface area contributed by atoms with E-state index in [1.54, 1.807) is 18.3 Å². The van der Waals surface area contributed by atoms with E-state index < -0.39 is 12.1 Å². The van der Waals surface area contributed by atoms with E-state index in [1.807, 2.05) is 53.2 Å². The Morgan fingerprint density at radius 3 is 2.48 bits per heavy atom. The second-order valence-corrected chi connectivity index (χ2v) is 5.72. The van der Waals surface area contributed by atoms with Gasteiger partial charge < -0.3 is 11.1 Å². The number of benzene rings is 1. The Hall–Kier alpha value is -2.18. The van der Waals surface area contributed by atoms with E-state index in [4.69, 9.17) is 5.73 Å². The number of nitrogens with two attached hydrogens (primary N) is 2. The van der Waals surface area contributed by atoms with Gasteiger partial charge in [0.25, 0.3) is 5.91 Å². The molecular weight excluding hydrogens is 286 g/mol. The van der Waals surface area contributed by atoms with E-state index in [-0.39, 0.29) is 11.9 Å². The van der Waals surface area contributed by atoms with E-state index in [0.29, 0.717) is 0 Å². The number of imide groups is 1. The van der Waals surface area contributed by atoms with Gasteiger partial charge in [-0.3, -0.25) is 10.1 Å². The number of rotatable bonds is 5. The Morgan fingerprint density at radius 2 is 1.90 bits per heavy atom. The lowest BCUT2D eigenvalue weighted by Gasteiger charge is -2.18. The van der Waals surface area contributed by atoms with Crippen molar-refractivity contribution in [1.29, 1.82) is 0 Å². The molecule has 1 aromatic carbocycles. The van der Waals surface area contributed by atoms with Gasteiger partial charge in [-0.1, -0.05) is 36.4 Å². The maximum absolute atomic E-state index is 11.9. The van der Waals surface area contributed by atoms with Gasteiger partial charge in [0.2, 0.25) is 0 Å². The fraction of sp³-hybridized carbons (Fsp3) is 0.200. The van der Waals surface area contributed by atoms with Gasteiger partial charge in [0.05, 0.1) is 4.88 Å². The number of urea groups is 1. The number of carbonyl (C=O) groups excluding carboxylic acids is 2. The molecule has 1 heterocycles. The fourth-order valence-electron chi connectivity index (χ4n) is 2.11. The monoisotopic (exact) mass is 304 g/mol. The summed E-state index contributed by atoms with van der Waals surface area (Å²) in [6.07, 6.45) is 0. The largest absolute Gasteiger partial charge is 0.351 e. The van der Waals surface area contributed by atoms with Gasteiger partial charge in [-0.15, -0.1) is 11.3 Å². The van der Waals surface area contributed by atoms with Crippen LogP contribution < -0.4 is 16.4 Å². The van der Waals surface area contributed by atoms with Crippen molar-refractivity contribution in [2.24, 2.45) is 5.73 Å². The average Bonchev–Trinajstić information content (AvgIpc) is 2.98. The number of amides is 3. The molecule has 0 radical (unpaired) electrons. The molecule has 0 aliphatic rings. The molecule has 21 heavy (non-hydrogen) atoms. The maximum atomic E-state index is 11.9. The van der Waals surface area contributed by atoms with Crippen LogP contribution in [0.2, 0.25) is 0 Å². The molecule has 0 spiro atoms. The first-order chi connectivity index (χ1) is 10.1. The standard InChI is InChI=1S/C15H17N3O2S/c1-10(14(19)18-15(16)20)17-13(12-8-5-9-21-12)11-6-3-2-4-7-11/h2-10,13,17H,1H3,(H3,16,18,19,20)/p+1/t10-,13+/m0/s1. The average molecular weight is 304 g/mol. The summed E-state index contributed by atoms with van der Waals surface area (Å²) in [5, 5.41) is 6.05. The van der Waals surface area contributed by atoms with Crippen LogP contribution in [-0.2, 0) is 4.79 Å². The van der Waals surface area contributed by atoms with Gasteiger partial charge >= 0.3 is 6.03 Å². The molecule has 2 aromatic rings. The minimum absolute atomic E-state index is 0.0137. The van der Waals surface area contributed by atoms with Crippen LogP contribution in [0.15, 0.2) is 47.8 Å². The summed E-state index contributed by atoms with van der Waals surface area (Å²) in [7, 11) is 0. The zero-order valence-corrected chi connectivity index (χ0v) is 12.5. The minimum Gasteiger partial charge on any atom is -0.351 e. The van der Waals surface area contributed by atoms with Crippen LogP contribution in [0.5, 0.6) is 0 Å². The molecule has 1 aromatic heterocycles. The number of carbonyl (C=O) groups is 2. The molecule has 0 unspecified atom stereocenters. The Kier molecular flexibility index (Phi) is 5.08. The lowest BCUT2D eigenvalue weighted by atomic mass is 10.0. The molecule has 0 aliphatic heterocycles. The highest BCUT2D eigenvalue weighted by Gasteiger charge is 2.25. The highest BCUT2D eigenvalue weighted by Crippen LogP contribution is 2.22. The summed E-state index contributed by atoms with van der Waals surface area (Å²) in [6, 6.07) is 12.7. The number of primary amides is 1. The summed E-state index contributed by atoms with van der Waals surface area (Å²) in [5.41, 5.74) is 6.09. The molecule has 0 aliphatic carbocycles. The number of nitrogens with one attached hydrogen (secondary N) is 1. The van der Waals surface area contributed by atoms with Crippen LogP contribution in [0.4, 0.5) is 4.79 Å². The third-order valence-corrected chi connectivity index (χ3v) is 4.10. The van der Waals surface area contributed by atoms with Crippen LogP contribution in [0.25, 0.3) is 0 Å². The topological polar surface area (TPSA) is 88.8 Å². The lowest BCUT2D eigenvalue weighted by molar-refractivity contribution is -0.704. The first-order valence-electron chi connectivity index (χ1n) is 6.61. The second-order valence-electron chi connectivity index (χ2n) is 4.74. The normalized spacial score (nSPS) is 13.4. The van der Waals surface area contributed by atoms with Crippen molar-refractivity contribution in [2.75, 3.05) is 0 Å². The van der Waals surface area contributed by atoms with E-state index in [2.05, 4.69) is 5.32 Å². The van der Waals surface area contributed by atoms with Crippen LogP contribution in [0.1, 0.15) is 23.4 Å². The third-order valence-electron chi connectivity index (χ3n) is 3.15. The Morgan fingerprint density at radius 1 is 1.19 bits per heavy atom. The molecule has 0 saturated carbocycles. The molecule has 6 heteroatoms. The predicted octanol–water partition coefficient (Wildman–Crippen LogP) is 0.984. The Bertz CT molecular complexity index is 599. The molecule has 0 fully saturated rings. The van der Waals surface area contributed by atoms with Crippen molar-refractivity contribution in [3.05, 3.63) is 58.3 Å². The van der Waals surface area contributed by atoms with Gasteiger partial charge in [0, 0.05) is 5.56 Å². The molecule has 3 amide bonds. The SMILES string of the molecule is C[C@H]([NH2+][C@H](c1ccccc1)c1cccs1)C(=O)NC(N)=O. The summed E-state index contributed by atoms with van der Waals surface area (Å²) in [4.78, 5) is 23.8. The van der Waals surface area contributed by atoms with Crippen LogP contribution in [-0.4, -0.2) is 18.0 Å². The van der Waals surface area contributed by atoms with Crippen molar-refractivity contribution in [2.45, 2.75) is 19.0 Å². The number of hydrogen-bond acceptors (Lipinski definition) is 3. The summed E-state index contributed by atoms with van der Waals surface area (Å²) in [6.45, 7) is 1.75. The Labute approximate surface area is 127 Å². The van der Waals surface area contributed by atoms with E-state index in [0.717, 1.165) is 10.4 Å². The Balaban J connectivity index is 2.18. The quantitative estimate of drug-likeness (QED) is 0.769. The third kappa shape index (κ3) is 4.14. The molecule has 110 valence electrons. The summed E-state index contributed by atoms with van der Waals surface area (Å²) < 4.78 is 0. The molecule has 2 rings (SSSR count). The lowest BCUT2D eigenvalue weighted by Crippen LogP contribution is -2.92. The minimum atomic E-state index is -0.826. The van der Waals surface area contributed by atoms with Crippen molar-refractivity contribution in [3.63, 3.8) is 0 Å². The molecule has 5 N–H and O–H groups in total. The van der Waals surface area contributed by atoms with Gasteiger partial charge in [0.1, 0.15) is 6.04 Å². The maximum Gasteiger partial charge on any atom is 0.319 e. The molecule has 0 bridgehead atoms. The first kappa shape index (κ1) is 15.2. The molecule has 2 atom stereocenters. The summed E-state index contributed by atoms with van der Waals surface area (Å²) >= 11 is 1.64. The number of thiophene rings is 1. The van der Waals surface area contributed by atoms with Gasteiger partial charge in [0.15, 0.2) is 6.04 Å². The zero-order chi connectivity index (χ0) is 15.2. The highest BCUT2D eigenvalue weighted by molar-refractivity contribution is 7.10. The molecule has 0 saturated heterocycles. The van der Waals surface area contributed by atoms with Crippen molar-refractivity contribution in [3.8, 4) is 0 Å². The summed E-state index contributed by atoms with van der Waals surface area (Å²) in [5.74, 6) is -0.389. The first-order valence-corrected chi connectivity index (χ1v) is 7.49. The smallest absolute Gasteiger partial charge is 0.319 e. The van der Waals surface area contributed by atoms with Crippen molar-refractivity contribution >= 4 is 23.3 Å². The highest BCUT2D eigenvalue weighted by atomic mass is 32.1. The predicted molar refractivity (Wildman–Crippen MR) is 81.7 cm³/mol. The number of hydrogen-bond donors (Lipinski definition) is 3. The fourth-order valence-corrected chi connectivity index (χ4v) is 2.94.